The Bertz CT molecular complexity index is 642. The molecule has 1 N–H and O–H groups in total. The Balaban J connectivity index is 1.54. The van der Waals surface area contributed by atoms with E-state index in [1.165, 1.54) is 18.6 Å². The molecule has 0 aromatic heterocycles. The highest BCUT2D eigenvalue weighted by Crippen LogP contribution is 2.30. The summed E-state index contributed by atoms with van der Waals surface area (Å²) in [5, 5.41) is 3.75. The van der Waals surface area contributed by atoms with Gasteiger partial charge >= 0.3 is 6.18 Å². The zero-order chi connectivity index (χ0) is 20.1. The van der Waals surface area contributed by atoms with Crippen LogP contribution in [-0.4, -0.2) is 72.2 Å². The number of nitrogens with zero attached hydrogens (tertiary/aromatic N) is 3. The van der Waals surface area contributed by atoms with E-state index in [1.807, 2.05) is 0 Å². The number of benzene rings is 1. The fourth-order valence-corrected chi connectivity index (χ4v) is 4.27. The predicted octanol–water partition coefficient (Wildman–Crippen LogP) is 3.89. The Morgan fingerprint density at radius 3 is 2.39 bits per heavy atom. The molecule has 0 aliphatic carbocycles. The molecular formula is C20H29F3N4S. The first-order chi connectivity index (χ1) is 13.3. The minimum atomic E-state index is -4.32. The lowest BCUT2D eigenvalue weighted by Crippen LogP contribution is -2.49. The summed E-state index contributed by atoms with van der Waals surface area (Å²) in [6.45, 7) is 6.41. The summed E-state index contributed by atoms with van der Waals surface area (Å²) >= 11 is 5.60. The minimum Gasteiger partial charge on any atom is -0.346 e. The molecule has 2 aliphatic heterocycles. The van der Waals surface area contributed by atoms with Crippen LogP contribution in [0.2, 0.25) is 0 Å². The van der Waals surface area contributed by atoms with Crippen molar-refractivity contribution < 1.29 is 13.2 Å². The maximum absolute atomic E-state index is 12.7. The number of nitrogens with one attached hydrogen (secondary N) is 1. The van der Waals surface area contributed by atoms with Crippen molar-refractivity contribution >= 4 is 23.0 Å². The number of alkyl halides is 3. The SMILES string of the molecule is CN1CCN(CC[C@@H]2CCCCN2C(=S)Nc2ccc(C(F)(F)F)cc2)CC1. The van der Waals surface area contributed by atoms with E-state index in [2.05, 4.69) is 27.1 Å². The summed E-state index contributed by atoms with van der Waals surface area (Å²) in [5.41, 5.74) is -0.0478. The molecule has 1 aromatic carbocycles. The first-order valence-electron chi connectivity index (χ1n) is 9.99. The number of likely N-dealkylation sites (N-methyl/N-ethyl adjacent to an activating group) is 1. The Morgan fingerprint density at radius 1 is 1.07 bits per heavy atom. The van der Waals surface area contributed by atoms with E-state index in [-0.39, 0.29) is 0 Å². The van der Waals surface area contributed by atoms with Gasteiger partial charge in [-0.1, -0.05) is 0 Å². The van der Waals surface area contributed by atoms with Gasteiger partial charge in [-0.25, -0.2) is 0 Å². The molecule has 0 saturated carbocycles. The van der Waals surface area contributed by atoms with Crippen LogP contribution in [0.5, 0.6) is 0 Å². The van der Waals surface area contributed by atoms with E-state index >= 15 is 0 Å². The molecule has 156 valence electrons. The fraction of sp³-hybridized carbons (Fsp3) is 0.650. The zero-order valence-electron chi connectivity index (χ0n) is 16.3. The Labute approximate surface area is 170 Å². The minimum absolute atomic E-state index is 0.392. The molecule has 2 fully saturated rings. The van der Waals surface area contributed by atoms with E-state index in [9.17, 15) is 13.2 Å². The van der Waals surface area contributed by atoms with Crippen molar-refractivity contribution in [2.75, 3.05) is 51.6 Å². The Hall–Kier alpha value is -1.38. The molecule has 28 heavy (non-hydrogen) atoms. The summed E-state index contributed by atoms with van der Waals surface area (Å²) in [6.07, 6.45) is 0.161. The van der Waals surface area contributed by atoms with Gasteiger partial charge in [-0.05, 0) is 69.2 Å². The van der Waals surface area contributed by atoms with Crippen LogP contribution in [0, 0.1) is 0 Å². The van der Waals surface area contributed by atoms with Crippen LogP contribution >= 0.6 is 12.2 Å². The van der Waals surface area contributed by atoms with E-state index in [0.717, 1.165) is 70.7 Å². The molecular weight excluding hydrogens is 385 g/mol. The molecule has 2 heterocycles. The van der Waals surface area contributed by atoms with Gasteiger partial charge in [0.05, 0.1) is 5.56 Å². The molecule has 4 nitrogen and oxygen atoms in total. The molecule has 0 bridgehead atoms. The lowest BCUT2D eigenvalue weighted by molar-refractivity contribution is -0.137. The third-order valence-corrected chi connectivity index (χ3v) is 6.06. The van der Waals surface area contributed by atoms with Crippen LogP contribution in [0.1, 0.15) is 31.2 Å². The highest BCUT2D eigenvalue weighted by atomic mass is 32.1. The van der Waals surface area contributed by atoms with Crippen LogP contribution in [0.4, 0.5) is 18.9 Å². The second kappa shape index (κ2) is 9.41. The second-order valence-corrected chi connectivity index (χ2v) is 8.17. The van der Waals surface area contributed by atoms with Crippen LogP contribution in [0.15, 0.2) is 24.3 Å². The summed E-state index contributed by atoms with van der Waals surface area (Å²) < 4.78 is 38.2. The highest BCUT2D eigenvalue weighted by Gasteiger charge is 2.30. The first kappa shape index (κ1) is 21.3. The van der Waals surface area contributed by atoms with Gasteiger partial charge in [0, 0.05) is 51.0 Å². The number of piperazine rings is 1. The summed E-state index contributed by atoms with van der Waals surface area (Å²) in [4.78, 5) is 7.10. The smallest absolute Gasteiger partial charge is 0.346 e. The number of anilines is 1. The predicted molar refractivity (Wildman–Crippen MR) is 111 cm³/mol. The standard InChI is InChI=1S/C20H29F3N4S/c1-25-12-14-26(15-13-25)11-9-18-4-2-3-10-27(18)19(28)24-17-7-5-16(6-8-17)20(21,22)23/h5-8,18H,2-4,9-15H2,1H3,(H,24,28)/t18-/m0/s1. The fourth-order valence-electron chi connectivity index (χ4n) is 3.91. The third-order valence-electron chi connectivity index (χ3n) is 5.73. The van der Waals surface area contributed by atoms with Crippen molar-refractivity contribution in [2.24, 2.45) is 0 Å². The number of rotatable bonds is 4. The van der Waals surface area contributed by atoms with Crippen molar-refractivity contribution in [3.05, 3.63) is 29.8 Å². The summed E-state index contributed by atoms with van der Waals surface area (Å²) in [5.74, 6) is 0. The normalized spacial score (nSPS) is 22.3. The average Bonchev–Trinajstić information content (AvgIpc) is 2.67. The first-order valence-corrected chi connectivity index (χ1v) is 10.4. The molecule has 1 atom stereocenters. The highest BCUT2D eigenvalue weighted by molar-refractivity contribution is 7.80. The number of likely N-dealkylation sites (tertiary alicyclic amines) is 1. The van der Waals surface area contributed by atoms with Gasteiger partial charge in [0.25, 0.3) is 0 Å². The van der Waals surface area contributed by atoms with E-state index in [4.69, 9.17) is 12.2 Å². The van der Waals surface area contributed by atoms with Crippen molar-refractivity contribution in [1.82, 2.24) is 14.7 Å². The number of halogens is 3. The van der Waals surface area contributed by atoms with E-state index in [1.54, 1.807) is 0 Å². The second-order valence-electron chi connectivity index (χ2n) is 7.78. The molecule has 1 aromatic rings. The maximum Gasteiger partial charge on any atom is 0.416 e. The van der Waals surface area contributed by atoms with Crippen LogP contribution < -0.4 is 5.32 Å². The average molecular weight is 415 g/mol. The third kappa shape index (κ3) is 5.81. The Kier molecular flexibility index (Phi) is 7.17. The van der Waals surface area contributed by atoms with Gasteiger partial charge in [-0.2, -0.15) is 13.2 Å². The van der Waals surface area contributed by atoms with Crippen molar-refractivity contribution in [2.45, 2.75) is 37.9 Å². The number of hydrogen-bond acceptors (Lipinski definition) is 3. The van der Waals surface area contributed by atoms with Gasteiger partial charge in [0.15, 0.2) is 5.11 Å². The molecule has 8 heteroatoms. The van der Waals surface area contributed by atoms with Crippen molar-refractivity contribution in [3.63, 3.8) is 0 Å². The topological polar surface area (TPSA) is 21.8 Å². The molecule has 2 aliphatic rings. The monoisotopic (exact) mass is 414 g/mol. The van der Waals surface area contributed by atoms with Crippen molar-refractivity contribution in [1.29, 1.82) is 0 Å². The molecule has 0 unspecified atom stereocenters. The number of piperidine rings is 1. The molecule has 0 radical (unpaired) electrons. The summed E-state index contributed by atoms with van der Waals surface area (Å²) in [6, 6.07) is 5.46. The van der Waals surface area contributed by atoms with Crippen LogP contribution in [0.25, 0.3) is 0 Å². The molecule has 0 spiro atoms. The summed E-state index contributed by atoms with van der Waals surface area (Å²) in [7, 11) is 2.16. The Morgan fingerprint density at radius 2 is 1.75 bits per heavy atom. The van der Waals surface area contributed by atoms with Crippen LogP contribution in [-0.2, 0) is 6.18 Å². The largest absolute Gasteiger partial charge is 0.416 e. The van der Waals surface area contributed by atoms with Crippen LogP contribution in [0.3, 0.4) is 0 Å². The molecule has 0 amide bonds. The van der Waals surface area contributed by atoms with E-state index < -0.39 is 11.7 Å². The number of hydrogen-bond donors (Lipinski definition) is 1. The van der Waals surface area contributed by atoms with Gasteiger partial charge in [-0.3, -0.25) is 0 Å². The van der Waals surface area contributed by atoms with Gasteiger partial charge < -0.3 is 20.0 Å². The maximum atomic E-state index is 12.7. The zero-order valence-corrected chi connectivity index (χ0v) is 17.2. The van der Waals surface area contributed by atoms with Gasteiger partial charge in [0.2, 0.25) is 0 Å². The van der Waals surface area contributed by atoms with E-state index in [0.29, 0.717) is 16.8 Å². The lowest BCUT2D eigenvalue weighted by atomic mass is 9.99. The molecule has 3 rings (SSSR count). The van der Waals surface area contributed by atoms with Crippen molar-refractivity contribution in [3.8, 4) is 0 Å². The quantitative estimate of drug-likeness (QED) is 0.753. The lowest BCUT2D eigenvalue weighted by Gasteiger charge is -2.39. The molecule has 2 saturated heterocycles. The van der Waals surface area contributed by atoms with Gasteiger partial charge in [-0.15, -0.1) is 0 Å². The van der Waals surface area contributed by atoms with Gasteiger partial charge in [0.1, 0.15) is 0 Å². The number of thiocarbonyl (C=S) groups is 1.